The van der Waals surface area contributed by atoms with E-state index >= 15 is 0 Å². The summed E-state index contributed by atoms with van der Waals surface area (Å²) in [6, 6.07) is 5.53. The molecule has 0 saturated carbocycles. The first-order valence-electron chi connectivity index (χ1n) is 10.1. The molecule has 2 unspecified atom stereocenters. The second-order valence-corrected chi connectivity index (χ2v) is 9.26. The van der Waals surface area contributed by atoms with Crippen molar-refractivity contribution in [3.05, 3.63) is 39.9 Å². The first kappa shape index (κ1) is 21.6. The zero-order chi connectivity index (χ0) is 21.0. The SMILES string of the molecule is CCC(C)CNC(=O)C1CSC2(CCN(C(=O)c3ccc([N+](=O)[O-])cc3)CC2)N1. The van der Waals surface area contributed by atoms with Crippen LogP contribution in [0.3, 0.4) is 0 Å². The molecule has 0 aliphatic carbocycles. The van der Waals surface area contributed by atoms with E-state index in [9.17, 15) is 19.7 Å². The van der Waals surface area contributed by atoms with Crippen LogP contribution in [0.1, 0.15) is 43.5 Å². The van der Waals surface area contributed by atoms with E-state index in [1.807, 2.05) is 0 Å². The normalized spacial score (nSPS) is 21.7. The van der Waals surface area contributed by atoms with Gasteiger partial charge in [-0.25, -0.2) is 0 Å². The van der Waals surface area contributed by atoms with Crippen LogP contribution in [0.4, 0.5) is 5.69 Å². The number of likely N-dealkylation sites (tertiary alicyclic amines) is 1. The van der Waals surface area contributed by atoms with Crippen LogP contribution < -0.4 is 10.6 Å². The van der Waals surface area contributed by atoms with Gasteiger partial charge in [0.05, 0.1) is 15.8 Å². The van der Waals surface area contributed by atoms with E-state index in [-0.39, 0.29) is 28.4 Å². The minimum atomic E-state index is -0.475. The molecule has 1 spiro atoms. The summed E-state index contributed by atoms with van der Waals surface area (Å²) in [6.45, 7) is 6.12. The number of nitrogens with one attached hydrogen (secondary N) is 2. The second-order valence-electron chi connectivity index (χ2n) is 7.86. The summed E-state index contributed by atoms with van der Waals surface area (Å²) >= 11 is 1.77. The van der Waals surface area contributed by atoms with Gasteiger partial charge in [0.1, 0.15) is 0 Å². The molecule has 3 rings (SSSR count). The Morgan fingerprint density at radius 3 is 2.59 bits per heavy atom. The van der Waals surface area contributed by atoms with Crippen LogP contribution in [0.15, 0.2) is 24.3 Å². The average molecular weight is 421 g/mol. The fraction of sp³-hybridized carbons (Fsp3) is 0.600. The molecular formula is C20H28N4O4S. The number of nitro benzene ring substituents is 1. The number of thioether (sulfide) groups is 1. The highest BCUT2D eigenvalue weighted by atomic mass is 32.2. The molecule has 2 atom stereocenters. The van der Waals surface area contributed by atoms with Crippen molar-refractivity contribution in [2.24, 2.45) is 5.92 Å². The zero-order valence-corrected chi connectivity index (χ0v) is 17.7. The lowest BCUT2D eigenvalue weighted by Gasteiger charge is -2.39. The predicted octanol–water partition coefficient (Wildman–Crippen LogP) is 2.39. The lowest BCUT2D eigenvalue weighted by molar-refractivity contribution is -0.384. The average Bonchev–Trinajstić information content (AvgIpc) is 3.15. The molecule has 8 nitrogen and oxygen atoms in total. The van der Waals surface area contributed by atoms with Gasteiger partial charge in [0, 0.05) is 43.1 Å². The van der Waals surface area contributed by atoms with E-state index < -0.39 is 4.92 Å². The van der Waals surface area contributed by atoms with E-state index in [0.717, 1.165) is 25.0 Å². The monoisotopic (exact) mass is 420 g/mol. The molecule has 2 N–H and O–H groups in total. The standard InChI is InChI=1S/C20H28N4O4S/c1-3-14(2)12-21-18(25)17-13-29-20(22-17)8-10-23(11-9-20)19(26)15-4-6-16(7-5-15)24(27)28/h4-7,14,17,22H,3,8-13H2,1-2H3,(H,21,25). The summed E-state index contributed by atoms with van der Waals surface area (Å²) in [5, 5.41) is 17.3. The number of carbonyl (C=O) groups excluding carboxylic acids is 2. The van der Waals surface area contributed by atoms with Crippen LogP contribution in [-0.2, 0) is 4.79 Å². The molecule has 158 valence electrons. The first-order valence-corrected chi connectivity index (χ1v) is 11.1. The Morgan fingerprint density at radius 2 is 2.00 bits per heavy atom. The van der Waals surface area contributed by atoms with Gasteiger partial charge >= 0.3 is 0 Å². The van der Waals surface area contributed by atoms with Crippen LogP contribution >= 0.6 is 11.8 Å². The van der Waals surface area contributed by atoms with Crippen LogP contribution in [0, 0.1) is 16.0 Å². The van der Waals surface area contributed by atoms with Crippen LogP contribution in [0.25, 0.3) is 0 Å². The number of hydrogen-bond donors (Lipinski definition) is 2. The number of nitro groups is 1. The molecule has 0 bridgehead atoms. The molecule has 2 aliphatic rings. The first-order chi connectivity index (χ1) is 13.8. The Labute approximate surface area is 174 Å². The van der Waals surface area contributed by atoms with Crippen LogP contribution in [0.2, 0.25) is 0 Å². The van der Waals surface area contributed by atoms with Gasteiger partial charge in [-0.1, -0.05) is 20.3 Å². The van der Waals surface area contributed by atoms with Crippen molar-refractivity contribution in [3.63, 3.8) is 0 Å². The van der Waals surface area contributed by atoms with Crippen LogP contribution in [-0.4, -0.2) is 57.9 Å². The molecule has 2 heterocycles. The van der Waals surface area contributed by atoms with Crippen LogP contribution in [0.5, 0.6) is 0 Å². The molecule has 2 amide bonds. The summed E-state index contributed by atoms with van der Waals surface area (Å²) in [7, 11) is 0. The number of nitrogens with zero attached hydrogens (tertiary/aromatic N) is 2. The minimum absolute atomic E-state index is 0.0247. The molecule has 0 aromatic heterocycles. The number of carbonyl (C=O) groups is 2. The third-order valence-corrected chi connectivity index (χ3v) is 7.36. The van der Waals surface area contributed by atoms with Gasteiger partial charge in [-0.05, 0) is 30.9 Å². The summed E-state index contributed by atoms with van der Waals surface area (Å²) < 4.78 is 0. The Balaban J connectivity index is 1.51. The van der Waals surface area contributed by atoms with Gasteiger partial charge in [-0.3, -0.25) is 25.0 Å². The van der Waals surface area contributed by atoms with E-state index in [0.29, 0.717) is 31.1 Å². The zero-order valence-electron chi connectivity index (χ0n) is 16.8. The molecule has 2 saturated heterocycles. The number of rotatable bonds is 6. The number of non-ortho nitro benzene ring substituents is 1. The number of amides is 2. The number of piperidine rings is 1. The van der Waals surface area contributed by atoms with Gasteiger partial charge in [0.15, 0.2) is 0 Å². The largest absolute Gasteiger partial charge is 0.354 e. The highest BCUT2D eigenvalue weighted by Crippen LogP contribution is 2.39. The molecule has 2 fully saturated rings. The second kappa shape index (κ2) is 9.13. The molecule has 29 heavy (non-hydrogen) atoms. The van der Waals surface area contributed by atoms with Crippen molar-refractivity contribution in [2.45, 2.75) is 44.0 Å². The quantitative estimate of drug-likeness (QED) is 0.541. The van der Waals surface area contributed by atoms with Crippen molar-refractivity contribution < 1.29 is 14.5 Å². The predicted molar refractivity (Wildman–Crippen MR) is 113 cm³/mol. The Kier molecular flexibility index (Phi) is 6.79. The Morgan fingerprint density at radius 1 is 1.34 bits per heavy atom. The molecule has 9 heteroatoms. The lowest BCUT2D eigenvalue weighted by atomic mass is 10.0. The van der Waals surface area contributed by atoms with E-state index in [1.165, 1.54) is 24.3 Å². The van der Waals surface area contributed by atoms with Crippen molar-refractivity contribution in [1.29, 1.82) is 0 Å². The maximum atomic E-state index is 12.7. The van der Waals surface area contributed by atoms with Crippen molar-refractivity contribution in [1.82, 2.24) is 15.5 Å². The van der Waals surface area contributed by atoms with Crippen molar-refractivity contribution in [2.75, 3.05) is 25.4 Å². The number of hydrogen-bond acceptors (Lipinski definition) is 6. The van der Waals surface area contributed by atoms with Gasteiger partial charge < -0.3 is 10.2 Å². The Bertz CT molecular complexity index is 762. The highest BCUT2D eigenvalue weighted by Gasteiger charge is 2.44. The van der Waals surface area contributed by atoms with E-state index in [1.54, 1.807) is 16.7 Å². The third-order valence-electron chi connectivity index (χ3n) is 5.79. The summed E-state index contributed by atoms with van der Waals surface area (Å²) in [4.78, 5) is 37.0. The number of benzene rings is 1. The maximum Gasteiger partial charge on any atom is 0.269 e. The van der Waals surface area contributed by atoms with Crippen molar-refractivity contribution >= 4 is 29.3 Å². The molecule has 1 aromatic rings. The van der Waals surface area contributed by atoms with Gasteiger partial charge in [0.2, 0.25) is 5.91 Å². The fourth-order valence-corrected chi connectivity index (χ4v) is 5.01. The molecular weight excluding hydrogens is 392 g/mol. The van der Waals surface area contributed by atoms with Gasteiger partial charge in [0.25, 0.3) is 11.6 Å². The molecule has 1 aromatic carbocycles. The summed E-state index contributed by atoms with van der Waals surface area (Å²) in [5.41, 5.74) is 0.434. The van der Waals surface area contributed by atoms with Gasteiger partial charge in [-0.2, -0.15) is 0 Å². The van der Waals surface area contributed by atoms with Crippen molar-refractivity contribution in [3.8, 4) is 0 Å². The molecule has 2 aliphatic heterocycles. The highest BCUT2D eigenvalue weighted by molar-refractivity contribution is 8.01. The summed E-state index contributed by atoms with van der Waals surface area (Å²) in [5.74, 6) is 1.15. The third kappa shape index (κ3) is 5.08. The fourth-order valence-electron chi connectivity index (χ4n) is 3.60. The lowest BCUT2D eigenvalue weighted by Crippen LogP contribution is -2.54. The van der Waals surface area contributed by atoms with Gasteiger partial charge in [-0.15, -0.1) is 11.8 Å². The maximum absolute atomic E-state index is 12.7. The van der Waals surface area contributed by atoms with E-state index in [4.69, 9.17) is 0 Å². The topological polar surface area (TPSA) is 105 Å². The minimum Gasteiger partial charge on any atom is -0.354 e. The Hall–Kier alpha value is -2.13. The van der Waals surface area contributed by atoms with E-state index in [2.05, 4.69) is 24.5 Å². The smallest absolute Gasteiger partial charge is 0.269 e. The molecule has 0 radical (unpaired) electrons. The summed E-state index contributed by atoms with van der Waals surface area (Å²) in [6.07, 6.45) is 2.58.